The van der Waals surface area contributed by atoms with Gasteiger partial charge >= 0.3 is 0 Å². The molecule has 0 atom stereocenters. The quantitative estimate of drug-likeness (QED) is 0.479. The molecule has 1 rings (SSSR count). The molecule has 0 aliphatic heterocycles. The smallest absolute Gasteiger partial charge is 0.253 e. The number of hydrogen-bond acceptors (Lipinski definition) is 4. The minimum atomic E-state index is -3.38. The van der Waals surface area contributed by atoms with Crippen molar-refractivity contribution in [1.82, 2.24) is 4.90 Å². The van der Waals surface area contributed by atoms with E-state index in [0.29, 0.717) is 30.3 Å². The van der Waals surface area contributed by atoms with Gasteiger partial charge in [0.1, 0.15) is 0 Å². The van der Waals surface area contributed by atoms with E-state index >= 15 is 0 Å². The van der Waals surface area contributed by atoms with Gasteiger partial charge in [0.15, 0.2) is 0 Å². The Kier molecular flexibility index (Phi) is 9.14. The van der Waals surface area contributed by atoms with Crippen LogP contribution in [0.4, 0.5) is 0 Å². The molecule has 5 nitrogen and oxygen atoms in total. The lowest BCUT2D eigenvalue weighted by Crippen LogP contribution is -2.34. The lowest BCUT2D eigenvalue weighted by atomic mass is 10.1. The Hall–Kier alpha value is -1.89. The molecular formula is C22H34N2O3S. The first-order chi connectivity index (χ1) is 13.0. The van der Waals surface area contributed by atoms with Gasteiger partial charge in [0.25, 0.3) is 5.91 Å². The molecule has 0 aromatic heterocycles. The van der Waals surface area contributed by atoms with Crippen LogP contribution in [-0.2, 0) is 0 Å². The molecular weight excluding hydrogens is 372 g/mol. The molecule has 0 unspecified atom stereocenters. The predicted octanol–water partition coefficient (Wildman–Crippen LogP) is 6.20. The highest BCUT2D eigenvalue weighted by atomic mass is 32.3. The fourth-order valence-corrected chi connectivity index (χ4v) is 3.75. The first kappa shape index (κ1) is 24.1. The summed E-state index contributed by atoms with van der Waals surface area (Å²) in [7, 11) is -3.38. The van der Waals surface area contributed by atoms with Crippen molar-refractivity contribution in [2.75, 3.05) is 13.1 Å². The summed E-state index contributed by atoms with van der Waals surface area (Å²) >= 11 is 0. The Morgan fingerprint density at radius 3 is 2.21 bits per heavy atom. The van der Waals surface area contributed by atoms with Gasteiger partial charge in [-0.3, -0.25) is 13.9 Å². The number of nitrogens with zero attached hydrogens (tertiary/aromatic N) is 2. The summed E-state index contributed by atoms with van der Waals surface area (Å²) in [5.41, 5.74) is 2.86. The Bertz CT molecular complexity index is 746. The van der Waals surface area contributed by atoms with Crippen molar-refractivity contribution in [2.45, 2.75) is 52.9 Å². The monoisotopic (exact) mass is 406 g/mol. The van der Waals surface area contributed by atoms with Crippen LogP contribution in [0.15, 0.2) is 57.4 Å². The van der Waals surface area contributed by atoms with Gasteiger partial charge in [-0.25, -0.2) is 0 Å². The van der Waals surface area contributed by atoms with Gasteiger partial charge in [-0.2, -0.15) is 4.40 Å². The van der Waals surface area contributed by atoms with Gasteiger partial charge in [-0.15, -0.1) is 0 Å². The van der Waals surface area contributed by atoms with E-state index in [2.05, 4.69) is 24.8 Å². The fraction of sp³-hybridized carbons (Fsp3) is 0.455. The third kappa shape index (κ3) is 6.62. The lowest BCUT2D eigenvalue weighted by Gasteiger charge is -2.28. The first-order valence-electron chi connectivity index (χ1n) is 9.57. The molecule has 1 aromatic carbocycles. The van der Waals surface area contributed by atoms with E-state index in [1.165, 1.54) is 6.08 Å². The zero-order valence-electron chi connectivity index (χ0n) is 17.9. The summed E-state index contributed by atoms with van der Waals surface area (Å²) in [6, 6.07) is 6.38. The number of carbonyl (C=O) groups is 1. The van der Waals surface area contributed by atoms with Crippen LogP contribution < -0.4 is 0 Å². The Morgan fingerprint density at radius 2 is 1.79 bits per heavy atom. The van der Waals surface area contributed by atoms with Crippen molar-refractivity contribution in [3.63, 3.8) is 0 Å². The van der Waals surface area contributed by atoms with E-state index in [4.69, 9.17) is 0 Å². The summed E-state index contributed by atoms with van der Waals surface area (Å²) in [4.78, 5) is 14.9. The van der Waals surface area contributed by atoms with Crippen LogP contribution in [0, 0.1) is 5.92 Å². The van der Waals surface area contributed by atoms with Crippen LogP contribution in [0.25, 0.3) is 0 Å². The van der Waals surface area contributed by atoms with Gasteiger partial charge in [0.2, 0.25) is 0 Å². The maximum Gasteiger partial charge on any atom is 0.253 e. The van der Waals surface area contributed by atoms with Crippen molar-refractivity contribution >= 4 is 22.4 Å². The second-order valence-corrected chi connectivity index (χ2v) is 9.19. The third-order valence-corrected chi connectivity index (χ3v) is 5.69. The van der Waals surface area contributed by atoms with E-state index in [-0.39, 0.29) is 10.8 Å². The van der Waals surface area contributed by atoms with Crippen molar-refractivity contribution in [3.05, 3.63) is 53.6 Å². The van der Waals surface area contributed by atoms with Crippen LogP contribution in [0.5, 0.6) is 0 Å². The topological polar surface area (TPSA) is 73.1 Å². The average molecular weight is 407 g/mol. The van der Waals surface area contributed by atoms with Gasteiger partial charge in [-0.05, 0) is 69.0 Å². The minimum Gasteiger partial charge on any atom is -0.338 e. The van der Waals surface area contributed by atoms with Crippen molar-refractivity contribution in [3.8, 4) is 0 Å². The zero-order chi connectivity index (χ0) is 21.5. The summed E-state index contributed by atoms with van der Waals surface area (Å²) in [6.45, 7) is 17.0. The number of allylic oxidation sites excluding steroid dienone is 3. The molecule has 0 bridgehead atoms. The minimum absolute atomic E-state index is 0.0470. The lowest BCUT2D eigenvalue weighted by molar-refractivity contribution is 0.0736. The fourth-order valence-electron chi connectivity index (χ4n) is 2.65. The molecule has 28 heavy (non-hydrogen) atoms. The molecule has 0 aliphatic carbocycles. The standard InChI is InChI=1S/C22H34N2O3S/c1-8-14-24(15-16(3)4)22(25)19-10-12-20(13-11-19)28(26,27)23-21(9-2)18(7)17(5)6/h9-13,16,26-27H,2,8,14-15H2,1,3-7H3. The number of rotatable bonds is 9. The maximum atomic E-state index is 12.8. The summed E-state index contributed by atoms with van der Waals surface area (Å²) in [5, 5.41) is 0. The highest BCUT2D eigenvalue weighted by molar-refractivity contribution is 8.23. The second kappa shape index (κ2) is 10.6. The van der Waals surface area contributed by atoms with Crippen LogP contribution in [0.2, 0.25) is 0 Å². The maximum absolute atomic E-state index is 12.8. The number of amides is 1. The highest BCUT2D eigenvalue weighted by Gasteiger charge is 2.19. The zero-order valence-corrected chi connectivity index (χ0v) is 18.7. The highest BCUT2D eigenvalue weighted by Crippen LogP contribution is 2.50. The number of benzene rings is 1. The third-order valence-electron chi connectivity index (χ3n) is 4.34. The van der Waals surface area contributed by atoms with E-state index in [1.54, 1.807) is 24.3 Å². The number of carbonyl (C=O) groups excluding carboxylic acids is 1. The summed E-state index contributed by atoms with van der Waals surface area (Å²) in [5.74, 6) is 0.334. The van der Waals surface area contributed by atoms with Crippen LogP contribution in [0.1, 0.15) is 58.3 Å². The largest absolute Gasteiger partial charge is 0.338 e. The molecule has 0 aliphatic rings. The molecule has 2 N–H and O–H groups in total. The average Bonchev–Trinajstić information content (AvgIpc) is 2.64. The SMILES string of the molecule is C=CC(=NS(O)(O)c1ccc(C(=O)N(CCC)CC(C)C)cc1)C(C)=C(C)C. The van der Waals surface area contributed by atoms with E-state index < -0.39 is 10.8 Å². The molecule has 0 saturated heterocycles. The molecule has 0 spiro atoms. The molecule has 1 aromatic rings. The molecule has 0 fully saturated rings. The van der Waals surface area contributed by atoms with Crippen LogP contribution in [0.3, 0.4) is 0 Å². The summed E-state index contributed by atoms with van der Waals surface area (Å²) < 4.78 is 25.2. The van der Waals surface area contributed by atoms with Crippen LogP contribution >= 0.6 is 10.8 Å². The van der Waals surface area contributed by atoms with Gasteiger partial charge in [-0.1, -0.05) is 43.7 Å². The molecule has 0 radical (unpaired) electrons. The van der Waals surface area contributed by atoms with Gasteiger partial charge < -0.3 is 4.90 Å². The normalized spacial score (nSPS) is 12.7. The molecule has 1 amide bonds. The van der Waals surface area contributed by atoms with Crippen molar-refractivity contribution in [2.24, 2.45) is 10.3 Å². The van der Waals surface area contributed by atoms with Crippen molar-refractivity contribution in [1.29, 1.82) is 0 Å². The first-order valence-corrected chi connectivity index (χ1v) is 11.1. The Labute approximate surface area is 171 Å². The van der Waals surface area contributed by atoms with E-state index in [9.17, 15) is 13.9 Å². The molecule has 0 saturated carbocycles. The Balaban J connectivity index is 3.15. The van der Waals surface area contributed by atoms with Gasteiger partial charge in [0, 0.05) is 18.7 Å². The number of hydrogen-bond donors (Lipinski definition) is 2. The molecule has 6 heteroatoms. The van der Waals surface area contributed by atoms with Crippen molar-refractivity contribution < 1.29 is 13.9 Å². The molecule has 0 heterocycles. The molecule has 156 valence electrons. The van der Waals surface area contributed by atoms with Crippen LogP contribution in [-0.4, -0.2) is 38.7 Å². The second-order valence-electron chi connectivity index (χ2n) is 7.49. The summed E-state index contributed by atoms with van der Waals surface area (Å²) in [6.07, 6.45) is 2.41. The van der Waals surface area contributed by atoms with E-state index in [0.717, 1.165) is 17.6 Å². The predicted molar refractivity (Wildman–Crippen MR) is 120 cm³/mol. The Morgan fingerprint density at radius 1 is 1.21 bits per heavy atom. The van der Waals surface area contributed by atoms with Gasteiger partial charge in [0.05, 0.1) is 10.6 Å². The van der Waals surface area contributed by atoms with E-state index in [1.807, 2.05) is 32.6 Å².